The van der Waals surface area contributed by atoms with Gasteiger partial charge in [-0.25, -0.2) is 0 Å². The predicted octanol–water partition coefficient (Wildman–Crippen LogP) is 4.32. The maximum absolute atomic E-state index is 10.5. The van der Waals surface area contributed by atoms with Gasteiger partial charge in [-0.15, -0.1) is 0 Å². The summed E-state index contributed by atoms with van der Waals surface area (Å²) in [6, 6.07) is 7.89. The van der Waals surface area contributed by atoms with E-state index in [9.17, 15) is 5.11 Å². The second-order valence-electron chi connectivity index (χ2n) is 5.48. The second-order valence-corrected chi connectivity index (χ2v) is 6.39. The molecule has 0 saturated carbocycles. The summed E-state index contributed by atoms with van der Waals surface area (Å²) in [5.74, 6) is 0.833. The molecule has 1 unspecified atom stereocenters. The summed E-state index contributed by atoms with van der Waals surface area (Å²) in [5.41, 5.74) is 0.285. The van der Waals surface area contributed by atoms with Crippen molar-refractivity contribution in [1.82, 2.24) is 5.32 Å². The minimum atomic E-state index is -0.705. The first-order chi connectivity index (χ1) is 8.85. The summed E-state index contributed by atoms with van der Waals surface area (Å²) in [5, 5.41) is 13.5. The van der Waals surface area contributed by atoms with Crippen molar-refractivity contribution in [2.75, 3.05) is 13.6 Å². The third-order valence-corrected chi connectivity index (χ3v) is 3.28. The normalized spacial score (nSPS) is 13.7. The van der Waals surface area contributed by atoms with E-state index in [0.29, 0.717) is 0 Å². The summed E-state index contributed by atoms with van der Waals surface area (Å²) in [6.07, 6.45) is 1.47. The van der Waals surface area contributed by atoms with Gasteiger partial charge < -0.3 is 10.4 Å². The first-order valence-corrected chi connectivity index (χ1v) is 7.78. The van der Waals surface area contributed by atoms with Crippen LogP contribution < -0.4 is 5.32 Å². The van der Waals surface area contributed by atoms with Crippen LogP contribution in [0.2, 0.25) is 0 Å². The molecule has 1 aromatic rings. The minimum absolute atomic E-state index is 0.705. The SMILES string of the molecule is CC(C)C.CCC(O)(CCNC)c1ccc(Br)cc1. The van der Waals surface area contributed by atoms with Crippen LogP contribution in [0.4, 0.5) is 0 Å². The molecule has 0 radical (unpaired) electrons. The van der Waals surface area contributed by atoms with E-state index in [1.165, 1.54) is 0 Å². The van der Waals surface area contributed by atoms with Crippen LogP contribution in [0, 0.1) is 5.92 Å². The van der Waals surface area contributed by atoms with Crippen molar-refractivity contribution >= 4 is 15.9 Å². The van der Waals surface area contributed by atoms with Crippen molar-refractivity contribution in [2.24, 2.45) is 5.92 Å². The molecule has 1 aromatic carbocycles. The Morgan fingerprint density at radius 1 is 1.21 bits per heavy atom. The van der Waals surface area contributed by atoms with E-state index < -0.39 is 5.60 Å². The van der Waals surface area contributed by atoms with Gasteiger partial charge in [0.15, 0.2) is 0 Å². The Labute approximate surface area is 126 Å². The fourth-order valence-corrected chi connectivity index (χ4v) is 1.88. The molecule has 0 bridgehead atoms. The molecular formula is C16H28BrNO. The van der Waals surface area contributed by atoms with E-state index in [-0.39, 0.29) is 0 Å². The van der Waals surface area contributed by atoms with Gasteiger partial charge in [-0.2, -0.15) is 0 Å². The summed E-state index contributed by atoms with van der Waals surface area (Å²) in [4.78, 5) is 0. The van der Waals surface area contributed by atoms with Gasteiger partial charge in [0.2, 0.25) is 0 Å². The third-order valence-electron chi connectivity index (χ3n) is 2.76. The van der Waals surface area contributed by atoms with Gasteiger partial charge in [0.1, 0.15) is 0 Å². The Hall–Kier alpha value is -0.380. The molecule has 110 valence electrons. The van der Waals surface area contributed by atoms with Gasteiger partial charge >= 0.3 is 0 Å². The van der Waals surface area contributed by atoms with Crippen molar-refractivity contribution in [2.45, 2.75) is 46.1 Å². The highest BCUT2D eigenvalue weighted by molar-refractivity contribution is 9.10. The molecule has 0 aromatic heterocycles. The average molecular weight is 330 g/mol. The Balaban J connectivity index is 0.000000711. The zero-order valence-electron chi connectivity index (χ0n) is 12.8. The maximum Gasteiger partial charge on any atom is 0.0906 e. The molecule has 0 amide bonds. The fraction of sp³-hybridized carbons (Fsp3) is 0.625. The van der Waals surface area contributed by atoms with E-state index in [1.807, 2.05) is 38.2 Å². The molecule has 0 fully saturated rings. The van der Waals surface area contributed by atoms with E-state index in [1.54, 1.807) is 0 Å². The number of halogens is 1. The molecule has 1 atom stereocenters. The lowest BCUT2D eigenvalue weighted by molar-refractivity contribution is 0.0241. The van der Waals surface area contributed by atoms with Crippen LogP contribution in [0.5, 0.6) is 0 Å². The molecular weight excluding hydrogens is 302 g/mol. The van der Waals surface area contributed by atoms with Crippen molar-refractivity contribution in [1.29, 1.82) is 0 Å². The Morgan fingerprint density at radius 2 is 1.68 bits per heavy atom. The Kier molecular flexibility index (Phi) is 9.32. The maximum atomic E-state index is 10.5. The number of benzene rings is 1. The number of hydrogen-bond acceptors (Lipinski definition) is 2. The second kappa shape index (κ2) is 9.51. The lowest BCUT2D eigenvalue weighted by Crippen LogP contribution is -2.29. The largest absolute Gasteiger partial charge is 0.385 e. The smallest absolute Gasteiger partial charge is 0.0906 e. The lowest BCUT2D eigenvalue weighted by atomic mass is 9.88. The van der Waals surface area contributed by atoms with Gasteiger partial charge in [0.25, 0.3) is 0 Å². The third kappa shape index (κ3) is 7.71. The van der Waals surface area contributed by atoms with Crippen LogP contribution >= 0.6 is 15.9 Å². The topological polar surface area (TPSA) is 32.3 Å². The van der Waals surface area contributed by atoms with Gasteiger partial charge in [-0.1, -0.05) is 55.8 Å². The highest BCUT2D eigenvalue weighted by Crippen LogP contribution is 2.29. The Bertz CT molecular complexity index is 334. The van der Waals surface area contributed by atoms with E-state index in [2.05, 4.69) is 42.0 Å². The molecule has 1 rings (SSSR count). The summed E-state index contributed by atoms with van der Waals surface area (Å²) in [6.45, 7) is 9.33. The molecule has 0 heterocycles. The molecule has 0 aliphatic rings. The first kappa shape index (κ1) is 18.6. The zero-order chi connectivity index (χ0) is 14.9. The molecule has 2 N–H and O–H groups in total. The predicted molar refractivity (Wildman–Crippen MR) is 87.4 cm³/mol. The summed E-state index contributed by atoms with van der Waals surface area (Å²) >= 11 is 3.39. The Morgan fingerprint density at radius 3 is 2.05 bits per heavy atom. The fourth-order valence-electron chi connectivity index (χ4n) is 1.62. The number of aliphatic hydroxyl groups is 1. The number of hydrogen-bond donors (Lipinski definition) is 2. The van der Waals surface area contributed by atoms with E-state index in [0.717, 1.165) is 35.3 Å². The average Bonchev–Trinajstić information content (AvgIpc) is 2.36. The number of rotatable bonds is 5. The van der Waals surface area contributed by atoms with Crippen LogP contribution in [-0.2, 0) is 5.60 Å². The molecule has 0 spiro atoms. The molecule has 0 aliphatic heterocycles. The van der Waals surface area contributed by atoms with E-state index >= 15 is 0 Å². The van der Waals surface area contributed by atoms with Gasteiger partial charge in [0.05, 0.1) is 5.60 Å². The zero-order valence-corrected chi connectivity index (χ0v) is 14.4. The first-order valence-electron chi connectivity index (χ1n) is 6.98. The van der Waals surface area contributed by atoms with Crippen molar-refractivity contribution in [3.8, 4) is 0 Å². The molecule has 0 aliphatic carbocycles. The van der Waals surface area contributed by atoms with E-state index in [4.69, 9.17) is 0 Å². The lowest BCUT2D eigenvalue weighted by Gasteiger charge is -2.27. The number of nitrogens with one attached hydrogen (secondary N) is 1. The van der Waals surface area contributed by atoms with Gasteiger partial charge in [-0.3, -0.25) is 0 Å². The molecule has 0 saturated heterocycles. The van der Waals surface area contributed by atoms with Gasteiger partial charge in [-0.05, 0) is 50.0 Å². The quantitative estimate of drug-likeness (QED) is 0.843. The minimum Gasteiger partial charge on any atom is -0.385 e. The van der Waals surface area contributed by atoms with Crippen LogP contribution in [-0.4, -0.2) is 18.7 Å². The highest BCUT2D eigenvalue weighted by Gasteiger charge is 2.25. The monoisotopic (exact) mass is 329 g/mol. The van der Waals surface area contributed by atoms with Crippen molar-refractivity contribution in [3.63, 3.8) is 0 Å². The molecule has 2 nitrogen and oxygen atoms in total. The van der Waals surface area contributed by atoms with Crippen LogP contribution in [0.1, 0.15) is 46.1 Å². The highest BCUT2D eigenvalue weighted by atomic mass is 79.9. The van der Waals surface area contributed by atoms with Crippen LogP contribution in [0.15, 0.2) is 28.7 Å². The summed E-state index contributed by atoms with van der Waals surface area (Å²) in [7, 11) is 1.90. The van der Waals surface area contributed by atoms with Crippen molar-refractivity contribution < 1.29 is 5.11 Å². The van der Waals surface area contributed by atoms with Crippen molar-refractivity contribution in [3.05, 3.63) is 34.3 Å². The summed E-state index contributed by atoms with van der Waals surface area (Å²) < 4.78 is 1.04. The molecule has 19 heavy (non-hydrogen) atoms. The van der Waals surface area contributed by atoms with Gasteiger partial charge in [0, 0.05) is 4.47 Å². The van der Waals surface area contributed by atoms with Crippen LogP contribution in [0.25, 0.3) is 0 Å². The van der Waals surface area contributed by atoms with Crippen LogP contribution in [0.3, 0.4) is 0 Å². The standard InChI is InChI=1S/C12H18BrNO.C4H10/c1-3-12(15,8-9-14-2)10-4-6-11(13)7-5-10;1-4(2)3/h4-7,14-15H,3,8-9H2,1-2H3;4H,1-3H3. The molecule has 3 heteroatoms.